The predicted octanol–water partition coefficient (Wildman–Crippen LogP) is 17.9. The van der Waals surface area contributed by atoms with E-state index in [1.54, 1.807) is 0 Å². The first-order valence-corrected chi connectivity index (χ1v) is 26.9. The Morgan fingerprint density at radius 3 is 2.09 bits per heavy atom. The summed E-state index contributed by atoms with van der Waals surface area (Å²) in [6.45, 7) is 55.9. The zero-order valence-electron chi connectivity index (χ0n) is 46.1. The number of thiophene rings is 1. The smallest absolute Gasteiger partial charge is 0.254 e. The minimum absolute atomic E-state index is 0.00150. The van der Waals surface area contributed by atoms with E-state index in [4.69, 9.17) is 0 Å². The number of rotatable bonds is 23. The lowest BCUT2D eigenvalue weighted by molar-refractivity contribution is 0.142. The molecule has 4 heteroatoms. The Labute approximate surface area is 428 Å². The van der Waals surface area contributed by atoms with Crippen molar-refractivity contribution in [2.24, 2.45) is 40.4 Å². The van der Waals surface area contributed by atoms with Gasteiger partial charge in [-0.25, -0.2) is 0 Å². The highest BCUT2D eigenvalue weighted by Gasteiger charge is 2.40. The number of unbranched alkanes of at least 4 members (excludes halogenated alkanes) is 1. The summed E-state index contributed by atoms with van der Waals surface area (Å²) in [5.74, 6) is 1.20. The summed E-state index contributed by atoms with van der Waals surface area (Å²) < 4.78 is 2.75. The first-order valence-electron chi connectivity index (χ1n) is 26.1. The average molecular weight is 945 g/mol. The molecular formula is C65H93BN2S. The number of benzene rings is 1. The molecule has 6 unspecified atom stereocenters. The molecule has 1 heterocycles. The molecule has 0 radical (unpaired) electrons. The lowest BCUT2D eigenvalue weighted by atomic mass is 9.36. The van der Waals surface area contributed by atoms with Crippen molar-refractivity contribution in [1.82, 2.24) is 10.6 Å². The molecule has 1 aromatic heterocycles. The van der Waals surface area contributed by atoms with E-state index in [0.717, 1.165) is 42.5 Å². The quantitative estimate of drug-likeness (QED) is 0.0659. The topological polar surface area (TPSA) is 24.1 Å². The van der Waals surface area contributed by atoms with E-state index < -0.39 is 0 Å². The Morgan fingerprint density at radius 2 is 1.54 bits per heavy atom. The van der Waals surface area contributed by atoms with Gasteiger partial charge in [0.25, 0.3) is 6.71 Å². The number of hydrogen-bond donors (Lipinski definition) is 2. The molecule has 6 atom stereocenters. The van der Waals surface area contributed by atoms with Crippen molar-refractivity contribution >= 4 is 32.9 Å². The zero-order valence-corrected chi connectivity index (χ0v) is 46.9. The third-order valence-corrected chi connectivity index (χ3v) is 16.2. The normalized spacial score (nSPS) is 20.2. The number of hydrogen-bond acceptors (Lipinski definition) is 3. The Kier molecular flexibility index (Phi) is 20.3. The van der Waals surface area contributed by atoms with E-state index in [9.17, 15) is 0 Å². The van der Waals surface area contributed by atoms with Crippen LogP contribution in [0.1, 0.15) is 154 Å². The highest BCUT2D eigenvalue weighted by Crippen LogP contribution is 2.48. The highest BCUT2D eigenvalue weighted by atomic mass is 32.1. The summed E-state index contributed by atoms with van der Waals surface area (Å²) in [5.41, 5.74) is 10.7. The van der Waals surface area contributed by atoms with E-state index in [0.29, 0.717) is 0 Å². The number of nitrogens with one attached hydrogen (secondary N) is 2. The lowest BCUT2D eigenvalue weighted by Crippen LogP contribution is -2.45. The molecule has 2 aromatic rings. The van der Waals surface area contributed by atoms with E-state index >= 15 is 0 Å². The molecule has 2 N–H and O–H groups in total. The van der Waals surface area contributed by atoms with Crippen molar-refractivity contribution in [3.05, 3.63) is 187 Å². The molecule has 2 aliphatic rings. The van der Waals surface area contributed by atoms with Crippen LogP contribution in [0.5, 0.6) is 0 Å². The molecule has 0 saturated heterocycles. The summed E-state index contributed by atoms with van der Waals surface area (Å²) in [5, 5.41) is 9.35. The molecule has 0 aliphatic heterocycles. The predicted molar refractivity (Wildman–Crippen MR) is 314 cm³/mol. The maximum Gasteiger partial charge on any atom is 0.254 e. The maximum atomic E-state index is 4.35. The minimum Gasteiger partial charge on any atom is -0.385 e. The second kappa shape index (κ2) is 24.5. The van der Waals surface area contributed by atoms with Gasteiger partial charge < -0.3 is 10.6 Å². The van der Waals surface area contributed by atoms with Gasteiger partial charge in [-0.1, -0.05) is 186 Å². The van der Waals surface area contributed by atoms with Crippen molar-refractivity contribution in [2.45, 2.75) is 159 Å². The van der Waals surface area contributed by atoms with E-state index in [-0.39, 0.29) is 64.0 Å². The van der Waals surface area contributed by atoms with Crippen LogP contribution in [0, 0.1) is 40.4 Å². The Balaban J connectivity index is 2.02. The standard InChI is InChI=1S/C65H93BN2S/c1-21-27-28-32-51(26-6)66(59-43-50-42-54-55(44-58(50)69-59)65(19,20)37-36-64(54,17)18)61-56(67-38-29-31-49(25-5)60(45(7)8)47(10)23-3)40-46(9)41-57(61)68-39-35-53(63(14,15)16)52(62(11,12)13)34-33-48(24-4)30-22-2/h22-26,28-29,31-35,38-39,41-44,47-48,52-53,56,60,67-68H,2-5,7,21,27,30,36-37,40H2,1,6,8-20H3/b32-28-,34-33+,38-29+,39-35+,49-31+,51-26+. The lowest BCUT2D eigenvalue weighted by Gasteiger charge is -2.41. The number of allylic oxidation sites excluding steroid dienone is 16. The SMILES string of the molecule is C=CCC(C=C)/C=C/C(C(/C=C/NC1=C(B(C(/C=C\CCC)=C/C)c2cc3cc4c(cc3s2)C(C)(C)CCC4(C)C)C(N/C=C/C=C(\C=C)C(C(=C)C)C(C)C=C)CC(C)=C1)C(C)(C)C)C(C)(C)C. The second-order valence-electron chi connectivity index (χ2n) is 23.8. The van der Waals surface area contributed by atoms with Crippen molar-refractivity contribution < 1.29 is 0 Å². The molecule has 2 aliphatic carbocycles. The van der Waals surface area contributed by atoms with Gasteiger partial charge in [0.1, 0.15) is 0 Å². The largest absolute Gasteiger partial charge is 0.385 e. The molecule has 69 heavy (non-hydrogen) atoms. The maximum absolute atomic E-state index is 4.35. The van der Waals surface area contributed by atoms with Crippen LogP contribution >= 0.6 is 11.3 Å². The van der Waals surface area contributed by atoms with E-state index in [1.807, 2.05) is 35.6 Å². The molecule has 2 nitrogen and oxygen atoms in total. The summed E-state index contributed by atoms with van der Waals surface area (Å²) in [7, 11) is 0. The summed E-state index contributed by atoms with van der Waals surface area (Å²) in [6, 6.07) is 7.64. The Bertz CT molecular complexity index is 2340. The van der Waals surface area contributed by atoms with Gasteiger partial charge in [-0.15, -0.1) is 31.1 Å². The van der Waals surface area contributed by atoms with Gasteiger partial charge in [0.05, 0.1) is 0 Å². The molecule has 0 bridgehead atoms. The molecular weight excluding hydrogens is 852 g/mol. The highest BCUT2D eigenvalue weighted by molar-refractivity contribution is 7.30. The number of fused-ring (bicyclic) bond motifs is 2. The van der Waals surface area contributed by atoms with Crippen molar-refractivity contribution in [3.8, 4) is 0 Å². The van der Waals surface area contributed by atoms with Gasteiger partial charge in [0, 0.05) is 22.4 Å². The summed E-state index contributed by atoms with van der Waals surface area (Å²) >= 11 is 1.98. The van der Waals surface area contributed by atoms with Crippen LogP contribution in [0.4, 0.5) is 0 Å². The van der Waals surface area contributed by atoms with Crippen LogP contribution in [0.25, 0.3) is 10.1 Å². The molecule has 0 fully saturated rings. The van der Waals surface area contributed by atoms with Gasteiger partial charge >= 0.3 is 0 Å². The van der Waals surface area contributed by atoms with Gasteiger partial charge in [0.15, 0.2) is 0 Å². The third-order valence-electron chi connectivity index (χ3n) is 15.1. The van der Waals surface area contributed by atoms with Gasteiger partial charge in [-0.2, -0.15) is 0 Å². The molecule has 372 valence electrons. The molecule has 0 saturated carbocycles. The van der Waals surface area contributed by atoms with Crippen LogP contribution in [-0.2, 0) is 10.8 Å². The minimum atomic E-state index is 0.00150. The fourth-order valence-corrected chi connectivity index (χ4v) is 12.0. The Morgan fingerprint density at radius 1 is 0.899 bits per heavy atom. The monoisotopic (exact) mass is 945 g/mol. The zero-order chi connectivity index (χ0) is 51.5. The van der Waals surface area contributed by atoms with Gasteiger partial charge in [-0.3, -0.25) is 0 Å². The first kappa shape index (κ1) is 57.0. The van der Waals surface area contributed by atoms with Crippen LogP contribution < -0.4 is 15.4 Å². The fourth-order valence-electron chi connectivity index (χ4n) is 10.8. The van der Waals surface area contributed by atoms with Gasteiger partial charge in [0.2, 0.25) is 0 Å². The van der Waals surface area contributed by atoms with Crippen molar-refractivity contribution in [1.29, 1.82) is 0 Å². The first-order chi connectivity index (χ1) is 32.4. The third kappa shape index (κ3) is 14.5. The van der Waals surface area contributed by atoms with E-state index in [1.165, 1.54) is 55.3 Å². The molecule has 4 rings (SSSR count). The fraction of sp³-hybridized carbons (Fsp3) is 0.477. The Hall–Kier alpha value is -4.54. The summed E-state index contributed by atoms with van der Waals surface area (Å²) in [6.07, 6.45) is 39.9. The average Bonchev–Trinajstić information content (AvgIpc) is 3.69. The molecule has 1 aromatic carbocycles. The molecule has 0 spiro atoms. The van der Waals surface area contributed by atoms with Crippen molar-refractivity contribution in [3.63, 3.8) is 0 Å². The summed E-state index contributed by atoms with van der Waals surface area (Å²) in [4.78, 5) is 0. The second-order valence-corrected chi connectivity index (χ2v) is 24.9. The van der Waals surface area contributed by atoms with Crippen LogP contribution in [0.15, 0.2) is 176 Å². The van der Waals surface area contributed by atoms with Crippen LogP contribution in [0.3, 0.4) is 0 Å². The van der Waals surface area contributed by atoms with Gasteiger partial charge in [-0.05, 0) is 173 Å². The molecule has 0 amide bonds. The van der Waals surface area contributed by atoms with Crippen molar-refractivity contribution in [2.75, 3.05) is 0 Å². The van der Waals surface area contributed by atoms with Crippen LogP contribution in [0.2, 0.25) is 0 Å². The van der Waals surface area contributed by atoms with E-state index in [2.05, 4.69) is 233 Å². The van der Waals surface area contributed by atoms with Crippen LogP contribution in [-0.4, -0.2) is 12.8 Å².